The minimum absolute atomic E-state index is 0.0797. The van der Waals surface area contributed by atoms with Crippen LogP contribution in [0.4, 0.5) is 4.79 Å². The molecule has 2 N–H and O–H groups in total. The fourth-order valence-electron chi connectivity index (χ4n) is 2.23. The van der Waals surface area contributed by atoms with Crippen molar-refractivity contribution in [1.29, 1.82) is 5.26 Å². The third-order valence-corrected chi connectivity index (χ3v) is 4.39. The highest BCUT2D eigenvalue weighted by molar-refractivity contribution is 7.98. The van der Waals surface area contributed by atoms with E-state index in [-0.39, 0.29) is 23.6 Å². The monoisotopic (exact) mass is 392 g/mol. The van der Waals surface area contributed by atoms with Gasteiger partial charge in [-0.15, -0.1) is 11.8 Å². The van der Waals surface area contributed by atoms with Gasteiger partial charge in [-0.3, -0.25) is 10.1 Å². The summed E-state index contributed by atoms with van der Waals surface area (Å²) in [5.41, 5.74) is 0.943. The number of esters is 1. The van der Waals surface area contributed by atoms with E-state index in [1.807, 2.05) is 11.4 Å². The summed E-state index contributed by atoms with van der Waals surface area (Å²) in [6.45, 7) is -0.104. The molecule has 2 rings (SSSR count). The number of hydrogen-bond donors (Lipinski definition) is 2. The Morgan fingerprint density at radius 2 is 2.15 bits per heavy atom. The Hall–Kier alpha value is -2.64. The van der Waals surface area contributed by atoms with Gasteiger partial charge in [0.25, 0.3) is 5.91 Å². The van der Waals surface area contributed by atoms with Crippen LogP contribution in [0, 0.1) is 11.3 Å². The van der Waals surface area contributed by atoms with Gasteiger partial charge in [-0.05, 0) is 25.2 Å². The highest BCUT2D eigenvalue weighted by Crippen LogP contribution is 2.40. The number of nitriles is 1. The molecule has 0 saturated heterocycles. The maximum Gasteiger partial charge on any atom is 0.340 e. The number of amides is 3. The second-order valence-electron chi connectivity index (χ2n) is 5.74. The van der Waals surface area contributed by atoms with Crippen LogP contribution in [0.1, 0.15) is 40.4 Å². The average Bonchev–Trinajstić information content (AvgIpc) is 3.50. The molecule has 0 radical (unpaired) electrons. The van der Waals surface area contributed by atoms with Crippen LogP contribution in [0.15, 0.2) is 11.1 Å². The summed E-state index contributed by atoms with van der Waals surface area (Å²) in [6.07, 6.45) is 3.74. The van der Waals surface area contributed by atoms with E-state index in [9.17, 15) is 19.6 Å². The maximum absolute atomic E-state index is 12.4. The van der Waals surface area contributed by atoms with Crippen LogP contribution in [0.3, 0.4) is 0 Å². The van der Waals surface area contributed by atoms with Crippen molar-refractivity contribution in [2.24, 2.45) is 0 Å². The molecule has 0 aromatic carbocycles. The second kappa shape index (κ2) is 9.89. The van der Waals surface area contributed by atoms with Crippen LogP contribution in [-0.4, -0.2) is 56.0 Å². The Morgan fingerprint density at radius 3 is 2.74 bits per heavy atom. The molecule has 1 aliphatic carbocycles. The molecular weight excluding hydrogens is 372 g/mol. The summed E-state index contributed by atoms with van der Waals surface area (Å²) in [6, 6.07) is 2.81. The summed E-state index contributed by atoms with van der Waals surface area (Å²) < 4.78 is 9.74. The maximum atomic E-state index is 12.4. The second-order valence-corrected chi connectivity index (χ2v) is 6.53. The van der Waals surface area contributed by atoms with Crippen LogP contribution >= 0.6 is 11.8 Å². The number of carbonyl (C=O) groups is 3. The molecule has 10 heteroatoms. The zero-order chi connectivity index (χ0) is 19.8. The number of ether oxygens (including phenoxy) is 2. The lowest BCUT2D eigenvalue weighted by Gasteiger charge is -2.10. The molecule has 0 unspecified atom stereocenters. The van der Waals surface area contributed by atoms with Gasteiger partial charge in [0, 0.05) is 25.3 Å². The molecule has 1 aromatic heterocycles. The van der Waals surface area contributed by atoms with Gasteiger partial charge in [0.2, 0.25) is 0 Å². The van der Waals surface area contributed by atoms with E-state index in [0.29, 0.717) is 11.6 Å². The van der Waals surface area contributed by atoms with E-state index in [1.54, 1.807) is 12.3 Å². The number of carbonyl (C=O) groups excluding carboxylic acids is 3. The van der Waals surface area contributed by atoms with Crippen LogP contribution in [-0.2, 0) is 14.3 Å². The summed E-state index contributed by atoms with van der Waals surface area (Å²) in [4.78, 5) is 40.0. The molecule has 3 amide bonds. The lowest BCUT2D eigenvalue weighted by molar-refractivity contribution is -0.123. The molecule has 1 fully saturated rings. The minimum Gasteiger partial charge on any atom is -0.452 e. The predicted molar refractivity (Wildman–Crippen MR) is 96.4 cm³/mol. The first-order valence-electron chi connectivity index (χ1n) is 8.22. The van der Waals surface area contributed by atoms with Gasteiger partial charge < -0.3 is 14.8 Å². The van der Waals surface area contributed by atoms with Crippen LogP contribution in [0.2, 0.25) is 0 Å². The number of imide groups is 1. The Bertz CT molecular complexity index is 773. The molecule has 144 valence electrons. The Balaban J connectivity index is 1.99. The zero-order valence-electron chi connectivity index (χ0n) is 15.0. The third-order valence-electron chi connectivity index (χ3n) is 3.71. The van der Waals surface area contributed by atoms with E-state index in [0.717, 1.165) is 18.5 Å². The van der Waals surface area contributed by atoms with Gasteiger partial charge in [-0.25, -0.2) is 14.6 Å². The predicted octanol–water partition coefficient (Wildman–Crippen LogP) is 1.18. The summed E-state index contributed by atoms with van der Waals surface area (Å²) >= 11 is 1.27. The number of aromatic nitrogens is 1. The topological polar surface area (TPSA) is 130 Å². The first kappa shape index (κ1) is 20.7. The van der Waals surface area contributed by atoms with Crippen molar-refractivity contribution in [3.05, 3.63) is 22.9 Å². The van der Waals surface area contributed by atoms with Crippen molar-refractivity contribution < 1.29 is 23.9 Å². The summed E-state index contributed by atoms with van der Waals surface area (Å²) in [5.74, 6) is -1.30. The van der Waals surface area contributed by atoms with Crippen molar-refractivity contribution >= 4 is 29.7 Å². The Labute approximate surface area is 160 Å². The van der Waals surface area contributed by atoms with E-state index >= 15 is 0 Å². The molecule has 1 saturated carbocycles. The zero-order valence-corrected chi connectivity index (χ0v) is 15.9. The van der Waals surface area contributed by atoms with Gasteiger partial charge in [-0.1, -0.05) is 0 Å². The SMILES string of the molecule is COCCNC(=O)NC(=O)COC(=O)c1cc(C2CC2)nc(SC)c1C#N. The number of hydrogen-bond acceptors (Lipinski definition) is 8. The number of thioether (sulfide) groups is 1. The summed E-state index contributed by atoms with van der Waals surface area (Å²) in [5, 5.41) is 14.3. The molecule has 1 aliphatic rings. The standard InChI is InChI=1S/C17H20N4O5S/c1-25-6-5-19-17(24)21-14(22)9-26-16(23)11-7-13(10-3-4-10)20-15(27-2)12(11)8-18/h7,10H,3-6,9H2,1-2H3,(H2,19,21,22,24). The first-order valence-corrected chi connectivity index (χ1v) is 9.45. The third kappa shape index (κ3) is 5.94. The van der Waals surface area contributed by atoms with Gasteiger partial charge in [-0.2, -0.15) is 5.26 Å². The smallest absolute Gasteiger partial charge is 0.340 e. The van der Waals surface area contributed by atoms with Gasteiger partial charge in [0.15, 0.2) is 6.61 Å². The van der Waals surface area contributed by atoms with Crippen molar-refractivity contribution in [2.75, 3.05) is 33.1 Å². The van der Waals surface area contributed by atoms with E-state index in [2.05, 4.69) is 10.3 Å². The largest absolute Gasteiger partial charge is 0.452 e. The fourth-order valence-corrected chi connectivity index (χ4v) is 2.78. The number of rotatable bonds is 8. The quantitative estimate of drug-likeness (QED) is 0.383. The molecular formula is C17H20N4O5S. The Morgan fingerprint density at radius 1 is 1.41 bits per heavy atom. The molecule has 0 spiro atoms. The molecule has 27 heavy (non-hydrogen) atoms. The van der Waals surface area contributed by atoms with E-state index < -0.39 is 24.5 Å². The van der Waals surface area contributed by atoms with E-state index in [1.165, 1.54) is 18.9 Å². The average molecular weight is 392 g/mol. The van der Waals surface area contributed by atoms with Crippen molar-refractivity contribution in [3.8, 4) is 6.07 Å². The lowest BCUT2D eigenvalue weighted by Crippen LogP contribution is -2.42. The van der Waals surface area contributed by atoms with E-state index in [4.69, 9.17) is 9.47 Å². The number of pyridine rings is 1. The molecule has 0 bridgehead atoms. The number of nitrogens with one attached hydrogen (secondary N) is 2. The van der Waals surface area contributed by atoms with Gasteiger partial charge in [0.1, 0.15) is 11.1 Å². The molecule has 9 nitrogen and oxygen atoms in total. The minimum atomic E-state index is -0.805. The van der Waals surface area contributed by atoms with Gasteiger partial charge in [0.05, 0.1) is 17.7 Å². The lowest BCUT2D eigenvalue weighted by atomic mass is 10.1. The molecule has 1 heterocycles. The van der Waals surface area contributed by atoms with Crippen molar-refractivity contribution in [2.45, 2.75) is 23.8 Å². The Kier molecular flexibility index (Phi) is 7.57. The highest BCUT2D eigenvalue weighted by atomic mass is 32.2. The van der Waals surface area contributed by atoms with Crippen LogP contribution in [0.25, 0.3) is 0 Å². The van der Waals surface area contributed by atoms with Gasteiger partial charge >= 0.3 is 12.0 Å². The fraction of sp³-hybridized carbons (Fsp3) is 0.471. The van der Waals surface area contributed by atoms with Crippen LogP contribution in [0.5, 0.6) is 0 Å². The molecule has 1 aromatic rings. The molecule has 0 atom stereocenters. The number of nitrogens with zero attached hydrogens (tertiary/aromatic N) is 2. The van der Waals surface area contributed by atoms with Crippen molar-refractivity contribution in [1.82, 2.24) is 15.6 Å². The van der Waals surface area contributed by atoms with Crippen molar-refractivity contribution in [3.63, 3.8) is 0 Å². The normalized spacial score (nSPS) is 12.8. The number of methoxy groups -OCH3 is 1. The highest BCUT2D eigenvalue weighted by Gasteiger charge is 2.29. The molecule has 0 aliphatic heterocycles. The summed E-state index contributed by atoms with van der Waals surface area (Å²) in [7, 11) is 1.48. The van der Waals surface area contributed by atoms with Crippen LogP contribution < -0.4 is 10.6 Å². The number of urea groups is 1. The first-order chi connectivity index (χ1) is 13.0.